The Labute approximate surface area is 167 Å². The quantitative estimate of drug-likeness (QED) is 0.462. The van der Waals surface area contributed by atoms with Crippen LogP contribution in [-0.2, 0) is 9.59 Å². The summed E-state index contributed by atoms with van der Waals surface area (Å²) in [5, 5.41) is 6.36. The van der Waals surface area contributed by atoms with E-state index in [1.54, 1.807) is 36.4 Å². The third-order valence-electron chi connectivity index (χ3n) is 3.25. The highest BCUT2D eigenvalue weighted by molar-refractivity contribution is 6.30. The number of ether oxygens (including phenoxy) is 2. The number of nitrogens with zero attached hydrogens (tertiary/aromatic N) is 1. The summed E-state index contributed by atoms with van der Waals surface area (Å²) in [4.78, 5) is 27.2. The summed E-state index contributed by atoms with van der Waals surface area (Å²) in [6.07, 6.45) is 2.03. The van der Waals surface area contributed by atoms with Crippen molar-refractivity contribution in [2.24, 2.45) is 0 Å². The first kappa shape index (κ1) is 20.8. The molecule has 2 rings (SSSR count). The molecule has 1 aromatic heterocycles. The molecular weight excluding hydrogens is 393 g/mol. The summed E-state index contributed by atoms with van der Waals surface area (Å²) >= 11 is 11.4. The fourth-order valence-corrected chi connectivity index (χ4v) is 2.16. The summed E-state index contributed by atoms with van der Waals surface area (Å²) in [6, 6.07) is 9.95. The van der Waals surface area contributed by atoms with Crippen LogP contribution in [0.3, 0.4) is 0 Å². The Morgan fingerprint density at radius 3 is 1.96 bits per heavy atom. The maximum atomic E-state index is 11.7. The second kappa shape index (κ2) is 11.3. The number of carbonyl (C=O) groups excluding carboxylic acids is 2. The molecule has 0 spiro atoms. The van der Waals surface area contributed by atoms with E-state index in [1.165, 1.54) is 6.20 Å². The summed E-state index contributed by atoms with van der Waals surface area (Å²) < 4.78 is 10.6. The van der Waals surface area contributed by atoms with Crippen molar-refractivity contribution in [1.29, 1.82) is 0 Å². The van der Waals surface area contributed by atoms with Crippen LogP contribution >= 0.6 is 23.2 Å². The SMILES string of the molecule is O=C(COc1ccc(Cl)cc1)NCCCNC(=O)COc1ccc(Cl)nc1. The van der Waals surface area contributed by atoms with Gasteiger partial charge in [-0.1, -0.05) is 23.2 Å². The number of benzene rings is 1. The van der Waals surface area contributed by atoms with Gasteiger partial charge in [0.15, 0.2) is 13.2 Å². The van der Waals surface area contributed by atoms with Crippen molar-refractivity contribution < 1.29 is 19.1 Å². The Morgan fingerprint density at radius 1 is 0.852 bits per heavy atom. The van der Waals surface area contributed by atoms with Gasteiger partial charge in [0.05, 0.1) is 6.20 Å². The number of carbonyl (C=O) groups is 2. The Kier molecular flexibility index (Phi) is 8.67. The molecule has 7 nitrogen and oxygen atoms in total. The Hall–Kier alpha value is -2.51. The maximum Gasteiger partial charge on any atom is 0.257 e. The molecule has 0 saturated carbocycles. The summed E-state index contributed by atoms with van der Waals surface area (Å²) in [7, 11) is 0. The Bertz CT molecular complexity index is 676. The third-order valence-corrected chi connectivity index (χ3v) is 3.73. The van der Waals surface area contributed by atoms with E-state index >= 15 is 0 Å². The molecule has 0 atom stereocenters. The predicted octanol–water partition coefficient (Wildman–Crippen LogP) is 2.47. The van der Waals surface area contributed by atoms with Gasteiger partial charge in [0, 0.05) is 18.1 Å². The van der Waals surface area contributed by atoms with E-state index in [-0.39, 0.29) is 25.0 Å². The van der Waals surface area contributed by atoms with Crippen LogP contribution in [0.1, 0.15) is 6.42 Å². The Morgan fingerprint density at radius 2 is 1.41 bits per heavy atom. The van der Waals surface area contributed by atoms with Crippen LogP contribution < -0.4 is 20.1 Å². The number of hydrogen-bond acceptors (Lipinski definition) is 5. The van der Waals surface area contributed by atoms with Crippen molar-refractivity contribution in [2.75, 3.05) is 26.3 Å². The minimum absolute atomic E-state index is 0.0864. The highest BCUT2D eigenvalue weighted by Gasteiger charge is 2.04. The monoisotopic (exact) mass is 411 g/mol. The number of amides is 2. The predicted molar refractivity (Wildman–Crippen MR) is 102 cm³/mol. The average Bonchev–Trinajstić information content (AvgIpc) is 2.67. The van der Waals surface area contributed by atoms with E-state index in [4.69, 9.17) is 32.7 Å². The highest BCUT2D eigenvalue weighted by atomic mass is 35.5. The van der Waals surface area contributed by atoms with Crippen molar-refractivity contribution in [3.8, 4) is 11.5 Å². The van der Waals surface area contributed by atoms with Crippen LogP contribution in [0.2, 0.25) is 10.2 Å². The van der Waals surface area contributed by atoms with Gasteiger partial charge >= 0.3 is 0 Å². The van der Waals surface area contributed by atoms with Crippen LogP contribution in [0.5, 0.6) is 11.5 Å². The molecule has 27 heavy (non-hydrogen) atoms. The second-order valence-electron chi connectivity index (χ2n) is 5.40. The molecule has 0 unspecified atom stereocenters. The zero-order valence-electron chi connectivity index (χ0n) is 14.4. The van der Waals surface area contributed by atoms with E-state index in [1.807, 2.05) is 0 Å². The van der Waals surface area contributed by atoms with E-state index in [2.05, 4.69) is 15.6 Å². The van der Waals surface area contributed by atoms with Gasteiger partial charge in [0.1, 0.15) is 16.7 Å². The van der Waals surface area contributed by atoms with E-state index in [0.29, 0.717) is 41.2 Å². The van der Waals surface area contributed by atoms with Crippen molar-refractivity contribution in [3.63, 3.8) is 0 Å². The van der Waals surface area contributed by atoms with Gasteiger partial charge in [-0.3, -0.25) is 9.59 Å². The molecule has 1 heterocycles. The van der Waals surface area contributed by atoms with Crippen LogP contribution in [0.4, 0.5) is 0 Å². The zero-order valence-corrected chi connectivity index (χ0v) is 15.9. The first-order chi connectivity index (χ1) is 13.0. The molecule has 2 amide bonds. The fraction of sp³-hybridized carbons (Fsp3) is 0.278. The molecule has 0 fully saturated rings. The lowest BCUT2D eigenvalue weighted by molar-refractivity contribution is -0.123. The lowest BCUT2D eigenvalue weighted by Crippen LogP contribution is -2.34. The minimum Gasteiger partial charge on any atom is -0.484 e. The van der Waals surface area contributed by atoms with Crippen LogP contribution in [0.25, 0.3) is 0 Å². The number of aromatic nitrogens is 1. The van der Waals surface area contributed by atoms with Gasteiger partial charge in [-0.2, -0.15) is 0 Å². The van der Waals surface area contributed by atoms with E-state index in [9.17, 15) is 9.59 Å². The number of hydrogen-bond donors (Lipinski definition) is 2. The molecule has 0 aliphatic heterocycles. The molecule has 0 aliphatic rings. The second-order valence-corrected chi connectivity index (χ2v) is 6.23. The van der Waals surface area contributed by atoms with Crippen LogP contribution in [0.15, 0.2) is 42.6 Å². The molecule has 2 aromatic rings. The highest BCUT2D eigenvalue weighted by Crippen LogP contribution is 2.15. The molecular formula is C18H19Cl2N3O4. The summed E-state index contributed by atoms with van der Waals surface area (Å²) in [5.74, 6) is 0.525. The van der Waals surface area contributed by atoms with E-state index in [0.717, 1.165) is 0 Å². The van der Waals surface area contributed by atoms with Gasteiger partial charge in [-0.25, -0.2) is 4.98 Å². The van der Waals surface area contributed by atoms with Crippen LogP contribution in [-0.4, -0.2) is 43.1 Å². The van der Waals surface area contributed by atoms with Gasteiger partial charge < -0.3 is 20.1 Å². The number of halogens is 2. The standard InChI is InChI=1S/C18H19Cl2N3O4/c19-13-2-4-14(5-3-13)26-11-17(24)21-8-1-9-22-18(25)12-27-15-6-7-16(20)23-10-15/h2-7,10H,1,8-9,11-12H2,(H,21,24)(H,22,25). The van der Waals surface area contributed by atoms with E-state index < -0.39 is 0 Å². The molecule has 2 N–H and O–H groups in total. The van der Waals surface area contributed by atoms with Crippen molar-refractivity contribution in [3.05, 3.63) is 52.8 Å². The summed E-state index contributed by atoms with van der Waals surface area (Å²) in [6.45, 7) is 0.631. The van der Waals surface area contributed by atoms with Gasteiger partial charge in [-0.05, 0) is 42.8 Å². The minimum atomic E-state index is -0.262. The van der Waals surface area contributed by atoms with Gasteiger partial charge in [0.25, 0.3) is 11.8 Å². The van der Waals surface area contributed by atoms with Crippen molar-refractivity contribution in [1.82, 2.24) is 15.6 Å². The molecule has 144 valence electrons. The van der Waals surface area contributed by atoms with Gasteiger partial charge in [-0.15, -0.1) is 0 Å². The lowest BCUT2D eigenvalue weighted by Gasteiger charge is -2.09. The molecule has 0 saturated heterocycles. The normalized spacial score (nSPS) is 10.1. The Balaban J connectivity index is 1.50. The maximum absolute atomic E-state index is 11.7. The smallest absolute Gasteiger partial charge is 0.257 e. The number of pyridine rings is 1. The lowest BCUT2D eigenvalue weighted by atomic mass is 10.3. The van der Waals surface area contributed by atoms with Crippen molar-refractivity contribution in [2.45, 2.75) is 6.42 Å². The number of nitrogens with one attached hydrogen (secondary N) is 2. The number of rotatable bonds is 10. The summed E-state index contributed by atoms with van der Waals surface area (Å²) in [5.41, 5.74) is 0. The van der Waals surface area contributed by atoms with Crippen molar-refractivity contribution >= 4 is 35.0 Å². The molecule has 9 heteroatoms. The first-order valence-electron chi connectivity index (χ1n) is 8.19. The van der Waals surface area contributed by atoms with Gasteiger partial charge in [0.2, 0.25) is 0 Å². The molecule has 0 aliphatic carbocycles. The molecule has 0 bridgehead atoms. The largest absolute Gasteiger partial charge is 0.484 e. The first-order valence-corrected chi connectivity index (χ1v) is 8.94. The van der Waals surface area contributed by atoms with Crippen LogP contribution in [0, 0.1) is 0 Å². The average molecular weight is 412 g/mol. The topological polar surface area (TPSA) is 89.6 Å². The fourth-order valence-electron chi connectivity index (χ4n) is 1.92. The molecule has 1 aromatic carbocycles. The zero-order chi connectivity index (χ0) is 19.5. The third kappa shape index (κ3) is 8.61. The molecule has 0 radical (unpaired) electrons.